The molecule has 1 unspecified atom stereocenters. The Morgan fingerprint density at radius 2 is 1.71 bits per heavy atom. The monoisotopic (exact) mass is 377 g/mol. The van der Waals surface area contributed by atoms with Gasteiger partial charge in [0.1, 0.15) is 10.8 Å². The van der Waals surface area contributed by atoms with Gasteiger partial charge in [-0.2, -0.15) is 0 Å². The number of hydrogen-bond donors (Lipinski definition) is 2. The third-order valence-electron chi connectivity index (χ3n) is 3.06. The topological polar surface area (TPSA) is 101 Å². The van der Waals surface area contributed by atoms with Crippen LogP contribution in [0.4, 0.5) is 0 Å². The number of aliphatic carboxylic acids is 1. The number of carbonyl (C=O) groups is 2. The number of sulfone groups is 1. The maximum atomic E-state index is 12.5. The molecule has 0 heterocycles. The van der Waals surface area contributed by atoms with E-state index in [0.29, 0.717) is 4.47 Å². The molecule has 0 saturated carbocycles. The summed E-state index contributed by atoms with van der Waals surface area (Å²) in [6, 6.07) is 4.71. The molecular formula is C13H16BrNO5S. The van der Waals surface area contributed by atoms with Crippen molar-refractivity contribution in [1.82, 2.24) is 5.32 Å². The lowest BCUT2D eigenvalue weighted by Gasteiger charge is -2.25. The van der Waals surface area contributed by atoms with Gasteiger partial charge in [0.2, 0.25) is 5.91 Å². The van der Waals surface area contributed by atoms with E-state index in [0.717, 1.165) is 0 Å². The minimum Gasteiger partial charge on any atom is -0.480 e. The molecule has 116 valence electrons. The van der Waals surface area contributed by atoms with Crippen LogP contribution in [0.2, 0.25) is 0 Å². The molecule has 0 spiro atoms. The average molecular weight is 378 g/mol. The molecule has 2 N–H and O–H groups in total. The first-order valence-electron chi connectivity index (χ1n) is 6.04. The number of amides is 1. The van der Waals surface area contributed by atoms with Crippen molar-refractivity contribution in [2.75, 3.05) is 0 Å². The number of carbonyl (C=O) groups excluding carboxylic acids is 1. The summed E-state index contributed by atoms with van der Waals surface area (Å²) < 4.78 is 24.0. The van der Waals surface area contributed by atoms with Crippen LogP contribution in [0.1, 0.15) is 20.8 Å². The molecule has 0 aromatic heterocycles. The van der Waals surface area contributed by atoms with Crippen molar-refractivity contribution >= 4 is 37.6 Å². The first-order valence-corrected chi connectivity index (χ1v) is 8.31. The smallest absolute Gasteiger partial charge is 0.325 e. The average Bonchev–Trinajstić information content (AvgIpc) is 2.38. The second kappa shape index (κ2) is 6.15. The highest BCUT2D eigenvalue weighted by atomic mass is 79.9. The molecule has 1 rings (SSSR count). The van der Waals surface area contributed by atoms with Gasteiger partial charge in [0, 0.05) is 4.47 Å². The number of hydrogen-bond acceptors (Lipinski definition) is 4. The van der Waals surface area contributed by atoms with Crippen LogP contribution >= 0.6 is 15.9 Å². The van der Waals surface area contributed by atoms with E-state index < -0.39 is 32.5 Å². The predicted octanol–water partition coefficient (Wildman–Crippen LogP) is 1.59. The summed E-state index contributed by atoms with van der Waals surface area (Å²) in [6.45, 7) is 3.76. The number of nitrogens with one attached hydrogen (secondary N) is 1. The maximum Gasteiger partial charge on any atom is 0.325 e. The van der Waals surface area contributed by atoms with E-state index in [9.17, 15) is 18.0 Å². The Labute approximate surface area is 131 Å². The van der Waals surface area contributed by atoms with Crippen LogP contribution in [0.5, 0.6) is 0 Å². The first-order chi connectivity index (χ1) is 9.50. The van der Waals surface area contributed by atoms with E-state index in [-0.39, 0.29) is 4.90 Å². The molecule has 0 radical (unpaired) electrons. The zero-order valence-electron chi connectivity index (χ0n) is 11.8. The van der Waals surface area contributed by atoms with Crippen molar-refractivity contribution < 1.29 is 23.1 Å². The van der Waals surface area contributed by atoms with Gasteiger partial charge >= 0.3 is 5.97 Å². The highest BCUT2D eigenvalue weighted by molar-refractivity contribution is 9.10. The van der Waals surface area contributed by atoms with Crippen LogP contribution in [0.25, 0.3) is 0 Å². The highest BCUT2D eigenvalue weighted by Crippen LogP contribution is 2.26. The maximum absolute atomic E-state index is 12.5. The molecule has 1 amide bonds. The minimum absolute atomic E-state index is 0.00571. The Balaban J connectivity index is 3.13. The molecule has 0 fully saturated rings. The van der Waals surface area contributed by atoms with Crippen molar-refractivity contribution in [3.63, 3.8) is 0 Å². The number of rotatable bonds is 5. The molecule has 1 atom stereocenters. The largest absolute Gasteiger partial charge is 0.480 e. The fourth-order valence-corrected chi connectivity index (χ4v) is 3.11. The van der Waals surface area contributed by atoms with Crippen molar-refractivity contribution in [3.8, 4) is 0 Å². The van der Waals surface area contributed by atoms with Gasteiger partial charge in [-0.15, -0.1) is 0 Å². The molecule has 0 aliphatic rings. The first kappa shape index (κ1) is 17.6. The van der Waals surface area contributed by atoms with Crippen LogP contribution in [0.15, 0.2) is 33.6 Å². The summed E-state index contributed by atoms with van der Waals surface area (Å²) in [5, 5.41) is 11.0. The molecule has 1 aromatic carbocycles. The van der Waals surface area contributed by atoms with E-state index >= 15 is 0 Å². The van der Waals surface area contributed by atoms with Crippen molar-refractivity contribution in [2.24, 2.45) is 0 Å². The number of carboxylic acids is 1. The Hall–Kier alpha value is -1.41. The van der Waals surface area contributed by atoms with Crippen molar-refractivity contribution in [1.29, 1.82) is 0 Å². The Kier molecular flexibility index (Phi) is 5.16. The number of carboxylic acid groups (broad SMARTS) is 1. The summed E-state index contributed by atoms with van der Waals surface area (Å²) in [4.78, 5) is 22.8. The zero-order valence-corrected chi connectivity index (χ0v) is 14.2. The van der Waals surface area contributed by atoms with E-state index in [2.05, 4.69) is 21.2 Å². The molecule has 8 heteroatoms. The lowest BCUT2D eigenvalue weighted by molar-refractivity contribution is -0.141. The summed E-state index contributed by atoms with van der Waals surface area (Å²) in [5.74, 6) is -2.10. The SMILES string of the molecule is CC(NC(=O)C(C)(C)S(=O)(=O)c1ccc(Br)cc1)C(=O)O. The van der Waals surface area contributed by atoms with E-state index in [1.165, 1.54) is 32.9 Å². The minimum atomic E-state index is -3.95. The van der Waals surface area contributed by atoms with Crippen LogP contribution in [0.3, 0.4) is 0 Å². The van der Waals surface area contributed by atoms with Gasteiger partial charge < -0.3 is 10.4 Å². The van der Waals surface area contributed by atoms with E-state index in [1.807, 2.05) is 0 Å². The number of halogens is 1. The fraction of sp³-hybridized carbons (Fsp3) is 0.385. The summed E-state index contributed by atoms with van der Waals surface area (Å²) >= 11 is 3.20. The highest BCUT2D eigenvalue weighted by Gasteiger charge is 2.43. The van der Waals surface area contributed by atoms with Gasteiger partial charge in [0.15, 0.2) is 9.84 Å². The molecular weight excluding hydrogens is 362 g/mol. The molecule has 21 heavy (non-hydrogen) atoms. The van der Waals surface area contributed by atoms with Crippen molar-refractivity contribution in [2.45, 2.75) is 36.5 Å². The van der Waals surface area contributed by atoms with Crippen LogP contribution in [0, 0.1) is 0 Å². The normalized spacial score (nSPS) is 13.5. The van der Waals surface area contributed by atoms with Gasteiger partial charge in [-0.25, -0.2) is 8.42 Å². The zero-order chi connectivity index (χ0) is 16.4. The Morgan fingerprint density at radius 3 is 2.14 bits per heavy atom. The molecule has 0 bridgehead atoms. The van der Waals surface area contributed by atoms with Gasteiger partial charge in [0.05, 0.1) is 4.90 Å². The molecule has 0 aliphatic carbocycles. The summed E-state index contributed by atoms with van der Waals surface area (Å²) in [5.41, 5.74) is 0. The lowest BCUT2D eigenvalue weighted by atomic mass is 10.2. The van der Waals surface area contributed by atoms with Gasteiger partial charge in [-0.3, -0.25) is 9.59 Å². The third-order valence-corrected chi connectivity index (χ3v) is 6.01. The molecule has 0 saturated heterocycles. The third kappa shape index (κ3) is 3.62. The van der Waals surface area contributed by atoms with Crippen LogP contribution in [-0.4, -0.2) is 36.2 Å². The molecule has 6 nitrogen and oxygen atoms in total. The van der Waals surface area contributed by atoms with Crippen molar-refractivity contribution in [3.05, 3.63) is 28.7 Å². The fourth-order valence-electron chi connectivity index (χ4n) is 1.46. The number of benzene rings is 1. The Bertz CT molecular complexity index is 652. The predicted molar refractivity (Wildman–Crippen MR) is 80.6 cm³/mol. The Morgan fingerprint density at radius 1 is 1.24 bits per heavy atom. The summed E-state index contributed by atoms with van der Waals surface area (Å²) in [7, 11) is -3.95. The summed E-state index contributed by atoms with van der Waals surface area (Å²) in [6.07, 6.45) is 0. The molecule has 0 aliphatic heterocycles. The molecule has 1 aromatic rings. The van der Waals surface area contributed by atoms with E-state index in [1.54, 1.807) is 12.1 Å². The van der Waals surface area contributed by atoms with Gasteiger partial charge in [-0.1, -0.05) is 15.9 Å². The lowest BCUT2D eigenvalue weighted by Crippen LogP contribution is -2.52. The second-order valence-corrected chi connectivity index (χ2v) is 8.42. The second-order valence-electron chi connectivity index (χ2n) is 5.00. The van der Waals surface area contributed by atoms with Crippen LogP contribution < -0.4 is 5.32 Å². The standard InChI is InChI=1S/C13H16BrNO5S/c1-8(11(16)17)15-12(18)13(2,3)21(19,20)10-6-4-9(14)5-7-10/h4-8H,1-3H3,(H,15,18)(H,16,17). The van der Waals surface area contributed by atoms with Crippen LogP contribution in [-0.2, 0) is 19.4 Å². The van der Waals surface area contributed by atoms with Gasteiger partial charge in [-0.05, 0) is 45.0 Å². The van der Waals surface area contributed by atoms with Gasteiger partial charge in [0.25, 0.3) is 0 Å². The van der Waals surface area contributed by atoms with E-state index in [4.69, 9.17) is 5.11 Å². The quantitative estimate of drug-likeness (QED) is 0.811.